The van der Waals surface area contributed by atoms with Crippen LogP contribution in [-0.2, 0) is 0 Å². The highest BCUT2D eigenvalue weighted by molar-refractivity contribution is 5.98. The van der Waals surface area contributed by atoms with Crippen molar-refractivity contribution in [1.29, 1.82) is 5.26 Å². The molecule has 0 aliphatic heterocycles. The molecule has 1 saturated carbocycles. The minimum atomic E-state index is -0.197. The summed E-state index contributed by atoms with van der Waals surface area (Å²) >= 11 is 0. The molecule has 8 heteroatoms. The molecule has 0 bridgehead atoms. The largest absolute Gasteiger partial charge is 0.404 e. The lowest BCUT2D eigenvalue weighted by atomic mass is 10.1. The molecule has 1 unspecified atom stereocenters. The molecule has 1 aliphatic carbocycles. The Kier molecular flexibility index (Phi) is 4.49. The van der Waals surface area contributed by atoms with Gasteiger partial charge < -0.3 is 11.5 Å². The molecule has 1 atom stereocenters. The van der Waals surface area contributed by atoms with E-state index in [4.69, 9.17) is 16.6 Å². The maximum Gasteiger partial charge on any atom is 0.164 e. The molecule has 28 heavy (non-hydrogen) atoms. The highest BCUT2D eigenvalue weighted by atomic mass is 15.3. The lowest BCUT2D eigenvalue weighted by molar-refractivity contribution is 0.585. The molecular weight excluding hydrogens is 352 g/mol. The monoisotopic (exact) mass is 372 g/mol. The van der Waals surface area contributed by atoms with E-state index in [1.54, 1.807) is 23.0 Å². The SMILES string of the molecule is CC(/C(C=NC1CC1)=C/N)n1nc(-c2cccc(C#N)c2)c2c(N)ncnc21. The fraction of sp³-hybridized carbons (Fsp3) is 0.250. The van der Waals surface area contributed by atoms with Crippen molar-refractivity contribution >= 4 is 23.1 Å². The number of nitrogens with zero attached hydrogens (tertiary/aromatic N) is 6. The normalized spacial score (nSPS) is 15.8. The van der Waals surface area contributed by atoms with Crippen molar-refractivity contribution in [3.05, 3.63) is 47.9 Å². The summed E-state index contributed by atoms with van der Waals surface area (Å²) in [6, 6.07) is 9.58. The zero-order valence-corrected chi connectivity index (χ0v) is 15.4. The van der Waals surface area contributed by atoms with Crippen LogP contribution in [0.4, 0.5) is 5.82 Å². The molecule has 0 saturated heterocycles. The molecule has 0 amide bonds. The van der Waals surface area contributed by atoms with Crippen molar-refractivity contribution in [3.8, 4) is 17.3 Å². The number of allylic oxidation sites excluding steroid dienone is 1. The third kappa shape index (κ3) is 3.18. The predicted molar refractivity (Wildman–Crippen MR) is 108 cm³/mol. The van der Waals surface area contributed by atoms with Gasteiger partial charge in [-0.05, 0) is 31.9 Å². The fourth-order valence-electron chi connectivity index (χ4n) is 3.05. The molecule has 1 fully saturated rings. The topological polar surface area (TPSA) is 132 Å². The van der Waals surface area contributed by atoms with Crippen molar-refractivity contribution in [3.63, 3.8) is 0 Å². The van der Waals surface area contributed by atoms with Gasteiger partial charge in [-0.2, -0.15) is 10.4 Å². The number of aliphatic imine (C=N–C) groups is 1. The van der Waals surface area contributed by atoms with E-state index in [1.807, 2.05) is 25.3 Å². The number of benzene rings is 1. The van der Waals surface area contributed by atoms with Gasteiger partial charge in [0.2, 0.25) is 0 Å². The first-order valence-electron chi connectivity index (χ1n) is 9.06. The Morgan fingerprint density at radius 3 is 2.93 bits per heavy atom. The van der Waals surface area contributed by atoms with Crippen LogP contribution in [0.25, 0.3) is 22.3 Å². The molecule has 2 aromatic heterocycles. The molecule has 3 aromatic rings. The summed E-state index contributed by atoms with van der Waals surface area (Å²) in [5.41, 5.74) is 15.4. The number of aromatic nitrogens is 4. The second-order valence-electron chi connectivity index (χ2n) is 6.80. The van der Waals surface area contributed by atoms with Crippen LogP contribution in [0.5, 0.6) is 0 Å². The van der Waals surface area contributed by atoms with Crippen molar-refractivity contribution in [2.24, 2.45) is 10.7 Å². The van der Waals surface area contributed by atoms with E-state index < -0.39 is 0 Å². The molecule has 140 valence electrons. The third-order valence-electron chi connectivity index (χ3n) is 4.81. The third-order valence-corrected chi connectivity index (χ3v) is 4.81. The van der Waals surface area contributed by atoms with E-state index in [0.717, 1.165) is 24.0 Å². The number of fused-ring (bicyclic) bond motifs is 1. The Hall–Kier alpha value is -3.73. The van der Waals surface area contributed by atoms with Gasteiger partial charge in [0, 0.05) is 23.6 Å². The highest BCUT2D eigenvalue weighted by Gasteiger charge is 2.23. The van der Waals surface area contributed by atoms with Crippen LogP contribution in [0.2, 0.25) is 0 Å². The number of hydrogen-bond donors (Lipinski definition) is 2. The Balaban J connectivity index is 1.85. The zero-order valence-electron chi connectivity index (χ0n) is 15.4. The van der Waals surface area contributed by atoms with E-state index in [2.05, 4.69) is 21.0 Å². The quantitative estimate of drug-likeness (QED) is 0.662. The second kappa shape index (κ2) is 7.12. The van der Waals surface area contributed by atoms with Crippen molar-refractivity contribution in [2.45, 2.75) is 31.8 Å². The average Bonchev–Trinajstić information content (AvgIpc) is 3.46. The molecule has 2 heterocycles. The maximum absolute atomic E-state index is 9.22. The second-order valence-corrected chi connectivity index (χ2v) is 6.80. The molecule has 8 nitrogen and oxygen atoms in total. The first kappa shape index (κ1) is 17.7. The number of nitriles is 1. The van der Waals surface area contributed by atoms with Gasteiger partial charge in [-0.1, -0.05) is 12.1 Å². The van der Waals surface area contributed by atoms with Gasteiger partial charge in [0.1, 0.15) is 17.8 Å². The van der Waals surface area contributed by atoms with Crippen LogP contribution in [-0.4, -0.2) is 32.0 Å². The number of nitrogens with two attached hydrogens (primary N) is 2. The lowest BCUT2D eigenvalue weighted by Gasteiger charge is -2.13. The summed E-state index contributed by atoms with van der Waals surface area (Å²) in [6.07, 6.45) is 7.02. The Morgan fingerprint density at radius 1 is 1.39 bits per heavy atom. The fourth-order valence-corrected chi connectivity index (χ4v) is 3.05. The summed E-state index contributed by atoms with van der Waals surface area (Å²) in [4.78, 5) is 13.1. The van der Waals surface area contributed by atoms with Crippen molar-refractivity contribution in [1.82, 2.24) is 19.7 Å². The summed E-state index contributed by atoms with van der Waals surface area (Å²) in [5.74, 6) is 0.339. The number of hydrogen-bond acceptors (Lipinski definition) is 7. The molecule has 0 spiro atoms. The summed E-state index contributed by atoms with van der Waals surface area (Å²) in [7, 11) is 0. The van der Waals surface area contributed by atoms with Crippen LogP contribution in [0.3, 0.4) is 0 Å². The van der Waals surface area contributed by atoms with Crippen LogP contribution >= 0.6 is 0 Å². The van der Waals surface area contributed by atoms with E-state index >= 15 is 0 Å². The minimum absolute atomic E-state index is 0.197. The average molecular weight is 372 g/mol. The van der Waals surface area contributed by atoms with Gasteiger partial charge in [0.15, 0.2) is 5.65 Å². The number of anilines is 1. The van der Waals surface area contributed by atoms with Gasteiger partial charge in [-0.3, -0.25) is 4.99 Å². The van der Waals surface area contributed by atoms with E-state index in [1.165, 1.54) is 6.33 Å². The smallest absolute Gasteiger partial charge is 0.164 e. The Labute approximate surface area is 162 Å². The highest BCUT2D eigenvalue weighted by Crippen LogP contribution is 2.33. The van der Waals surface area contributed by atoms with Crippen LogP contribution in [0.15, 0.2) is 47.4 Å². The first-order valence-corrected chi connectivity index (χ1v) is 9.06. The summed E-state index contributed by atoms with van der Waals surface area (Å²) in [6.45, 7) is 1.98. The Morgan fingerprint density at radius 2 is 2.21 bits per heavy atom. The molecule has 4 N–H and O–H groups in total. The first-order chi connectivity index (χ1) is 13.6. The molecule has 0 radical (unpaired) electrons. The number of rotatable bonds is 5. The zero-order chi connectivity index (χ0) is 19.7. The van der Waals surface area contributed by atoms with Crippen molar-refractivity contribution < 1.29 is 0 Å². The van der Waals surface area contributed by atoms with E-state index in [-0.39, 0.29) is 6.04 Å². The van der Waals surface area contributed by atoms with Gasteiger partial charge in [0.25, 0.3) is 0 Å². The van der Waals surface area contributed by atoms with Gasteiger partial charge in [-0.25, -0.2) is 14.6 Å². The van der Waals surface area contributed by atoms with Crippen molar-refractivity contribution in [2.75, 3.05) is 5.73 Å². The maximum atomic E-state index is 9.22. The molecular formula is C20H20N8. The lowest BCUT2D eigenvalue weighted by Crippen LogP contribution is -2.13. The predicted octanol–water partition coefficient (Wildman–Crippen LogP) is 2.58. The molecule has 4 rings (SSSR count). The van der Waals surface area contributed by atoms with Crippen LogP contribution in [0, 0.1) is 11.3 Å². The van der Waals surface area contributed by atoms with Gasteiger partial charge >= 0.3 is 0 Å². The summed E-state index contributed by atoms with van der Waals surface area (Å²) < 4.78 is 1.78. The summed E-state index contributed by atoms with van der Waals surface area (Å²) in [5, 5.41) is 14.6. The standard InChI is InChI=1S/C20H20N8/c1-12(15(9-22)10-24-16-5-6-16)28-20-17(19(23)25-11-26-20)18(27-28)14-4-2-3-13(7-14)8-21/h2-4,7,9-12,16H,5-6,22H2,1H3,(H2,23,25,26)/b15-9+,24-10?. The molecule has 1 aliphatic rings. The van der Waals surface area contributed by atoms with Gasteiger partial charge in [0.05, 0.1) is 29.1 Å². The number of nitrogen functional groups attached to an aromatic ring is 1. The van der Waals surface area contributed by atoms with E-state index in [0.29, 0.717) is 34.2 Å². The Bertz CT molecular complexity index is 1130. The van der Waals surface area contributed by atoms with Gasteiger partial charge in [-0.15, -0.1) is 0 Å². The van der Waals surface area contributed by atoms with Crippen LogP contribution < -0.4 is 11.5 Å². The van der Waals surface area contributed by atoms with Crippen LogP contribution in [0.1, 0.15) is 31.4 Å². The minimum Gasteiger partial charge on any atom is -0.404 e. The molecule has 1 aromatic carbocycles. The van der Waals surface area contributed by atoms with E-state index in [9.17, 15) is 5.26 Å².